The van der Waals surface area contributed by atoms with Crippen LogP contribution in [0.5, 0.6) is 0 Å². The summed E-state index contributed by atoms with van der Waals surface area (Å²) in [6, 6.07) is 0. The smallest absolute Gasteiger partial charge is 0.377 e. The van der Waals surface area contributed by atoms with E-state index in [0.29, 0.717) is 29.5 Å². The van der Waals surface area contributed by atoms with Crippen LogP contribution in [-0.4, -0.2) is 16.5 Å². The number of carbonyl (C=O) groups excluding carboxylic acids is 1. The number of aliphatic hydroxyl groups is 1. The molecule has 1 N–H and O–H groups in total. The van der Waals surface area contributed by atoms with Gasteiger partial charge in [0.1, 0.15) is 5.60 Å². The molecule has 0 aromatic heterocycles. The largest absolute Gasteiger partial charge is 1.00 e. The Labute approximate surface area is 141 Å². The van der Waals surface area contributed by atoms with E-state index >= 15 is 0 Å². The Morgan fingerprint density at radius 2 is 2.09 bits per heavy atom. The molecule has 124 valence electrons. The molecule has 3 fully saturated rings. The van der Waals surface area contributed by atoms with Crippen molar-refractivity contribution >= 4 is 5.78 Å². The van der Waals surface area contributed by atoms with Crippen LogP contribution in [0.3, 0.4) is 0 Å². The summed E-state index contributed by atoms with van der Waals surface area (Å²) in [4.78, 5) is 11.8. The molecular formula is C21H29O2+. The van der Waals surface area contributed by atoms with E-state index in [1.165, 1.54) is 18.4 Å². The number of hydrogen-bond acceptors (Lipinski definition) is 2. The van der Waals surface area contributed by atoms with Gasteiger partial charge in [-0.05, 0) is 81.1 Å². The molecule has 0 aromatic rings. The van der Waals surface area contributed by atoms with Gasteiger partial charge in [0.25, 0.3) is 0 Å². The summed E-state index contributed by atoms with van der Waals surface area (Å²) in [6.45, 7) is 2.22. The number of allylic oxidation sites excluding steroid dienone is 1. The summed E-state index contributed by atoms with van der Waals surface area (Å²) in [7, 11) is 0. The third-order valence-electron chi connectivity index (χ3n) is 8.02. The van der Waals surface area contributed by atoms with Gasteiger partial charge in [0, 0.05) is 11.8 Å². The summed E-state index contributed by atoms with van der Waals surface area (Å²) in [6.07, 6.45) is 16.9. The quantitative estimate of drug-likeness (QED) is 0.743. The molecule has 0 aliphatic heterocycles. The van der Waals surface area contributed by atoms with E-state index in [1.807, 2.05) is 6.08 Å². The monoisotopic (exact) mass is 313 g/mol. The van der Waals surface area contributed by atoms with Crippen LogP contribution < -0.4 is 0 Å². The Morgan fingerprint density at radius 1 is 1.26 bits per heavy atom. The molecular weight excluding hydrogens is 284 g/mol. The van der Waals surface area contributed by atoms with E-state index in [4.69, 9.17) is 6.42 Å². The fourth-order valence-electron chi connectivity index (χ4n) is 6.96. The highest BCUT2D eigenvalue weighted by atomic mass is 16.3. The molecule has 4 aliphatic rings. The van der Waals surface area contributed by atoms with Crippen molar-refractivity contribution in [1.29, 1.82) is 0 Å². The molecule has 2 nitrogen and oxygen atoms in total. The van der Waals surface area contributed by atoms with Crippen LogP contribution in [-0.2, 0) is 4.79 Å². The lowest BCUT2D eigenvalue weighted by atomic mass is 9.49. The van der Waals surface area contributed by atoms with Crippen LogP contribution in [0.25, 0.3) is 0 Å². The second kappa shape index (κ2) is 5.21. The molecule has 6 atom stereocenters. The number of fused-ring (bicyclic) bond motifs is 5. The minimum atomic E-state index is -0.893. The Hall–Kier alpha value is -1.07. The predicted octanol–water partition coefficient (Wildman–Crippen LogP) is 4.00. The van der Waals surface area contributed by atoms with E-state index in [1.54, 1.807) is 0 Å². The van der Waals surface area contributed by atoms with Crippen molar-refractivity contribution in [2.24, 2.45) is 29.1 Å². The van der Waals surface area contributed by atoms with Gasteiger partial charge in [-0.25, -0.2) is 0 Å². The number of ketones is 1. The lowest BCUT2D eigenvalue weighted by Crippen LogP contribution is -2.53. The third kappa shape index (κ3) is 1.96. The predicted molar refractivity (Wildman–Crippen MR) is 91.6 cm³/mol. The topological polar surface area (TPSA) is 37.3 Å². The van der Waals surface area contributed by atoms with Crippen LogP contribution >= 0.6 is 0 Å². The van der Waals surface area contributed by atoms with Gasteiger partial charge in [0.2, 0.25) is 0 Å². The molecule has 23 heavy (non-hydrogen) atoms. The highest BCUT2D eigenvalue weighted by molar-refractivity contribution is 5.91. The van der Waals surface area contributed by atoms with Gasteiger partial charge in [-0.15, -0.1) is 6.42 Å². The fourth-order valence-corrected chi connectivity index (χ4v) is 6.96. The van der Waals surface area contributed by atoms with E-state index in [9.17, 15) is 9.90 Å². The molecule has 0 amide bonds. The van der Waals surface area contributed by atoms with Crippen LogP contribution in [0.4, 0.5) is 0 Å². The molecule has 2 heteroatoms. The second-order valence-corrected chi connectivity index (χ2v) is 8.40. The summed E-state index contributed by atoms with van der Waals surface area (Å²) >= 11 is 0. The maximum absolute atomic E-state index is 11.8. The van der Waals surface area contributed by atoms with Gasteiger partial charge in [-0.3, -0.25) is 4.79 Å². The number of hydrogen-bond donors (Lipinski definition) is 1. The molecule has 0 bridgehead atoms. The molecule has 0 aromatic carbocycles. The maximum Gasteiger partial charge on any atom is 1.00 e. The van der Waals surface area contributed by atoms with E-state index in [2.05, 4.69) is 12.8 Å². The van der Waals surface area contributed by atoms with E-state index in [0.717, 1.165) is 44.9 Å². The zero-order chi connectivity index (χ0) is 16.2. The average Bonchev–Trinajstić information content (AvgIpc) is 2.88. The maximum atomic E-state index is 11.8. The van der Waals surface area contributed by atoms with Gasteiger partial charge >= 0.3 is 1.43 Å². The lowest BCUT2D eigenvalue weighted by Gasteiger charge is -2.55. The third-order valence-corrected chi connectivity index (χ3v) is 8.02. The van der Waals surface area contributed by atoms with E-state index < -0.39 is 5.60 Å². The summed E-state index contributed by atoms with van der Waals surface area (Å²) in [5.74, 6) is 5.73. The van der Waals surface area contributed by atoms with Crippen LogP contribution in [0.1, 0.15) is 66.1 Å². The van der Waals surface area contributed by atoms with Crippen molar-refractivity contribution in [2.75, 3.05) is 0 Å². The Bertz CT molecular complexity index is 603. The first kappa shape index (κ1) is 15.5. The minimum Gasteiger partial charge on any atom is -0.377 e. The normalized spacial score (nSPS) is 48.7. The number of rotatable bonds is 1. The molecule has 0 spiro atoms. The van der Waals surface area contributed by atoms with Crippen molar-refractivity contribution < 1.29 is 11.3 Å². The van der Waals surface area contributed by atoms with Crippen LogP contribution in [0.2, 0.25) is 0 Å². The number of carbonyl (C=O) groups is 1. The summed E-state index contributed by atoms with van der Waals surface area (Å²) in [5, 5.41) is 11.1. The highest BCUT2D eigenvalue weighted by Crippen LogP contribution is 2.66. The second-order valence-electron chi connectivity index (χ2n) is 8.40. The van der Waals surface area contributed by atoms with Crippen molar-refractivity contribution in [3.8, 4) is 12.3 Å². The van der Waals surface area contributed by atoms with Gasteiger partial charge in [-0.2, -0.15) is 0 Å². The standard InChI is InChI=1S/C21H28O2/c1-3-20-11-9-17-16-8-6-15(22)13-14(16)5-7-18(17)19(20)10-12-21(20,23)4-2/h2,13,16-19,23H,3,5-12H2,1H3/p+1/t16-,17+,18+,19-,20-,21-/m0/s1. The molecule has 0 radical (unpaired) electrons. The van der Waals surface area contributed by atoms with E-state index in [-0.39, 0.29) is 6.84 Å². The first-order valence-electron chi connectivity index (χ1n) is 9.48. The van der Waals surface area contributed by atoms with Crippen molar-refractivity contribution in [2.45, 2.75) is 70.3 Å². The van der Waals surface area contributed by atoms with Gasteiger partial charge in [0.15, 0.2) is 5.78 Å². The van der Waals surface area contributed by atoms with Crippen LogP contribution in [0, 0.1) is 41.4 Å². The van der Waals surface area contributed by atoms with Gasteiger partial charge in [-0.1, -0.05) is 18.4 Å². The van der Waals surface area contributed by atoms with Crippen LogP contribution in [0.15, 0.2) is 11.6 Å². The molecule has 3 saturated carbocycles. The molecule has 4 rings (SSSR count). The van der Waals surface area contributed by atoms with Gasteiger partial charge < -0.3 is 5.11 Å². The summed E-state index contributed by atoms with van der Waals surface area (Å²) in [5.41, 5.74) is 0.474. The first-order chi connectivity index (χ1) is 11.0. The molecule has 4 aliphatic carbocycles. The lowest BCUT2D eigenvalue weighted by molar-refractivity contribution is -0.117. The van der Waals surface area contributed by atoms with Crippen molar-refractivity contribution in [3.05, 3.63) is 11.6 Å². The fraction of sp³-hybridized carbons (Fsp3) is 0.762. The molecule has 0 saturated heterocycles. The van der Waals surface area contributed by atoms with Gasteiger partial charge in [0.05, 0.1) is 0 Å². The Kier molecular flexibility index (Phi) is 3.50. The Morgan fingerprint density at radius 3 is 2.83 bits per heavy atom. The van der Waals surface area contributed by atoms with Crippen molar-refractivity contribution in [1.82, 2.24) is 0 Å². The zero-order valence-corrected chi connectivity index (χ0v) is 14.2. The molecule has 0 unspecified atom stereocenters. The summed E-state index contributed by atoms with van der Waals surface area (Å²) < 4.78 is 0. The van der Waals surface area contributed by atoms with Crippen molar-refractivity contribution in [3.63, 3.8) is 0 Å². The Balaban J connectivity index is 0.00000169. The average molecular weight is 313 g/mol. The minimum absolute atomic E-state index is 0. The SMILES string of the molecule is C#C[C@]1(O)CC[C@H]2[C@@H]3CCC4=CC(=O)CC[C@@H]4[C@H]3CC[C@@]21CC.[H+]. The number of terminal acetylenes is 1. The zero-order valence-electron chi connectivity index (χ0n) is 15.2. The highest BCUT2D eigenvalue weighted by Gasteiger charge is 2.63. The molecule has 0 heterocycles. The first-order valence-corrected chi connectivity index (χ1v) is 9.48.